The molecular formula is C15H21F3N3O2+. The molecule has 0 bridgehead atoms. The van der Waals surface area contributed by atoms with E-state index in [0.717, 1.165) is 12.1 Å². The van der Waals surface area contributed by atoms with Crippen molar-refractivity contribution in [1.29, 1.82) is 0 Å². The summed E-state index contributed by atoms with van der Waals surface area (Å²) in [6.07, 6.45) is 0. The maximum absolute atomic E-state index is 13.5. The molecule has 2 amide bonds. The quantitative estimate of drug-likeness (QED) is 0.742. The van der Waals surface area contributed by atoms with E-state index in [1.54, 1.807) is 19.0 Å². The maximum atomic E-state index is 13.5. The molecule has 128 valence electrons. The number of nitrogens with one attached hydrogen (secondary N) is 2. The zero-order chi connectivity index (χ0) is 17.7. The van der Waals surface area contributed by atoms with Crippen LogP contribution in [-0.2, 0) is 9.59 Å². The summed E-state index contributed by atoms with van der Waals surface area (Å²) < 4.78 is 39.4. The van der Waals surface area contributed by atoms with Gasteiger partial charge < -0.3 is 15.1 Å². The Morgan fingerprint density at radius 3 is 2.35 bits per heavy atom. The largest absolute Gasteiger partial charge is 0.338 e. The number of hydrogen-bond donors (Lipinski definition) is 2. The third-order valence-electron chi connectivity index (χ3n) is 3.39. The van der Waals surface area contributed by atoms with Crippen LogP contribution in [0.3, 0.4) is 0 Å². The summed E-state index contributed by atoms with van der Waals surface area (Å²) in [5.41, 5.74) is -0.438. The second-order valence-electron chi connectivity index (χ2n) is 5.68. The Labute approximate surface area is 133 Å². The molecule has 0 aliphatic carbocycles. The maximum Gasteiger partial charge on any atom is 0.279 e. The highest BCUT2D eigenvalue weighted by Gasteiger charge is 2.20. The molecule has 0 heterocycles. The summed E-state index contributed by atoms with van der Waals surface area (Å²) in [4.78, 5) is 25.8. The second kappa shape index (κ2) is 7.96. The standard InChI is InChI=1S/C15H20F3N3O2/c1-9(2)21(4)13(23)8-20(3)7-12(22)19-11-6-5-10(16)14(17)15(11)18/h5-6,9H,7-8H2,1-4H3,(H,19,22)/p+1. The first-order valence-corrected chi connectivity index (χ1v) is 7.13. The van der Waals surface area contributed by atoms with Crippen molar-refractivity contribution in [2.24, 2.45) is 0 Å². The average molecular weight is 332 g/mol. The first-order valence-electron chi connectivity index (χ1n) is 7.13. The molecule has 1 rings (SSSR count). The Kier molecular flexibility index (Phi) is 6.56. The van der Waals surface area contributed by atoms with Gasteiger partial charge in [-0.3, -0.25) is 9.59 Å². The van der Waals surface area contributed by atoms with Crippen LogP contribution in [0.25, 0.3) is 0 Å². The van der Waals surface area contributed by atoms with Crippen LogP contribution in [0.15, 0.2) is 12.1 Å². The molecule has 0 aliphatic rings. The van der Waals surface area contributed by atoms with Crippen LogP contribution in [0.2, 0.25) is 0 Å². The molecule has 5 nitrogen and oxygen atoms in total. The summed E-state index contributed by atoms with van der Waals surface area (Å²) in [5, 5.41) is 2.17. The highest BCUT2D eigenvalue weighted by Crippen LogP contribution is 2.19. The summed E-state index contributed by atoms with van der Waals surface area (Å²) in [6.45, 7) is 3.70. The molecule has 1 unspecified atom stereocenters. The van der Waals surface area contributed by atoms with Crippen molar-refractivity contribution in [2.45, 2.75) is 19.9 Å². The Balaban J connectivity index is 2.60. The van der Waals surface area contributed by atoms with Crippen LogP contribution in [0.1, 0.15) is 13.8 Å². The van der Waals surface area contributed by atoms with E-state index >= 15 is 0 Å². The number of amides is 2. The van der Waals surface area contributed by atoms with Crippen LogP contribution in [0.5, 0.6) is 0 Å². The molecule has 1 aromatic carbocycles. The Morgan fingerprint density at radius 2 is 1.78 bits per heavy atom. The third-order valence-corrected chi connectivity index (χ3v) is 3.39. The van der Waals surface area contributed by atoms with E-state index in [4.69, 9.17) is 0 Å². The molecule has 1 aromatic rings. The van der Waals surface area contributed by atoms with Crippen LogP contribution in [-0.4, -0.2) is 49.9 Å². The minimum absolute atomic E-state index is 0.0420. The fourth-order valence-corrected chi connectivity index (χ4v) is 1.82. The summed E-state index contributed by atoms with van der Waals surface area (Å²) in [7, 11) is 3.30. The number of quaternary nitrogens is 1. The van der Waals surface area contributed by atoms with Crippen LogP contribution < -0.4 is 10.2 Å². The van der Waals surface area contributed by atoms with Crippen molar-refractivity contribution in [3.05, 3.63) is 29.6 Å². The average Bonchev–Trinajstić information content (AvgIpc) is 2.46. The Morgan fingerprint density at radius 1 is 1.17 bits per heavy atom. The molecule has 0 fully saturated rings. The lowest BCUT2D eigenvalue weighted by atomic mass is 10.2. The number of hydrogen-bond acceptors (Lipinski definition) is 2. The monoisotopic (exact) mass is 332 g/mol. The van der Waals surface area contributed by atoms with E-state index in [9.17, 15) is 22.8 Å². The lowest BCUT2D eigenvalue weighted by Crippen LogP contribution is -3.11. The van der Waals surface area contributed by atoms with E-state index in [2.05, 4.69) is 5.32 Å². The van der Waals surface area contributed by atoms with Gasteiger partial charge in [-0.05, 0) is 26.0 Å². The zero-order valence-electron chi connectivity index (χ0n) is 13.5. The Hall–Kier alpha value is -2.09. The molecule has 1 atom stereocenters. The van der Waals surface area contributed by atoms with Gasteiger partial charge in [0.2, 0.25) is 0 Å². The van der Waals surface area contributed by atoms with Crippen molar-refractivity contribution < 1.29 is 27.7 Å². The van der Waals surface area contributed by atoms with Gasteiger partial charge in [-0.15, -0.1) is 0 Å². The molecule has 23 heavy (non-hydrogen) atoms. The van der Waals surface area contributed by atoms with E-state index < -0.39 is 29.0 Å². The van der Waals surface area contributed by atoms with Gasteiger partial charge in [0.15, 0.2) is 30.5 Å². The zero-order valence-corrected chi connectivity index (χ0v) is 13.5. The van der Waals surface area contributed by atoms with Gasteiger partial charge in [0.05, 0.1) is 12.7 Å². The second-order valence-corrected chi connectivity index (χ2v) is 5.68. The Bertz CT molecular complexity index is 594. The van der Waals surface area contributed by atoms with Crippen LogP contribution in [0, 0.1) is 17.5 Å². The summed E-state index contributed by atoms with van der Waals surface area (Å²) in [5.74, 6) is -5.16. The van der Waals surface area contributed by atoms with Gasteiger partial charge in [-0.25, -0.2) is 13.2 Å². The first kappa shape index (κ1) is 19.0. The lowest BCUT2D eigenvalue weighted by Gasteiger charge is -2.23. The highest BCUT2D eigenvalue weighted by molar-refractivity contribution is 5.91. The first-order chi connectivity index (χ1) is 10.6. The van der Waals surface area contributed by atoms with Crippen LogP contribution >= 0.6 is 0 Å². The van der Waals surface area contributed by atoms with Gasteiger partial charge in [-0.1, -0.05) is 0 Å². The molecule has 2 N–H and O–H groups in total. The number of carbonyl (C=O) groups excluding carboxylic acids is 2. The van der Waals surface area contributed by atoms with Crippen molar-refractivity contribution in [3.63, 3.8) is 0 Å². The van der Waals surface area contributed by atoms with E-state index in [0.29, 0.717) is 4.90 Å². The minimum Gasteiger partial charge on any atom is -0.338 e. The number of rotatable bonds is 6. The number of benzene rings is 1. The van der Waals surface area contributed by atoms with Crippen LogP contribution in [0.4, 0.5) is 18.9 Å². The fraction of sp³-hybridized carbons (Fsp3) is 0.467. The number of nitrogens with zero attached hydrogens (tertiary/aromatic N) is 1. The fourth-order valence-electron chi connectivity index (χ4n) is 1.82. The lowest BCUT2D eigenvalue weighted by molar-refractivity contribution is -0.862. The summed E-state index contributed by atoms with van der Waals surface area (Å²) in [6, 6.07) is 1.71. The number of anilines is 1. The molecule has 0 radical (unpaired) electrons. The topological polar surface area (TPSA) is 53.9 Å². The normalized spacial score (nSPS) is 12.2. The molecular weight excluding hydrogens is 311 g/mol. The molecule has 0 aromatic heterocycles. The number of halogens is 3. The SMILES string of the molecule is CC(C)N(C)C(=O)C[NH+](C)CC(=O)Nc1ccc(F)c(F)c1F. The van der Waals surface area contributed by atoms with Crippen molar-refractivity contribution in [1.82, 2.24) is 4.90 Å². The van der Waals surface area contributed by atoms with Gasteiger partial charge >= 0.3 is 0 Å². The predicted octanol–water partition coefficient (Wildman–Crippen LogP) is 0.424. The van der Waals surface area contributed by atoms with Gasteiger partial charge in [0.25, 0.3) is 11.8 Å². The smallest absolute Gasteiger partial charge is 0.279 e. The minimum atomic E-state index is -1.64. The van der Waals surface area contributed by atoms with Gasteiger partial charge in [0.1, 0.15) is 0 Å². The van der Waals surface area contributed by atoms with Crippen molar-refractivity contribution >= 4 is 17.5 Å². The van der Waals surface area contributed by atoms with Gasteiger partial charge in [-0.2, -0.15) is 0 Å². The summed E-state index contributed by atoms with van der Waals surface area (Å²) >= 11 is 0. The third kappa shape index (κ3) is 5.24. The van der Waals surface area contributed by atoms with Crippen molar-refractivity contribution in [3.8, 4) is 0 Å². The highest BCUT2D eigenvalue weighted by atomic mass is 19.2. The number of likely N-dealkylation sites (N-methyl/N-ethyl adjacent to an activating group) is 2. The predicted molar refractivity (Wildman–Crippen MR) is 79.5 cm³/mol. The van der Waals surface area contributed by atoms with E-state index in [1.807, 2.05) is 13.8 Å². The van der Waals surface area contributed by atoms with E-state index in [-0.39, 0.29) is 25.0 Å². The molecule has 0 aliphatic heterocycles. The van der Waals surface area contributed by atoms with E-state index in [1.165, 1.54) is 0 Å². The van der Waals surface area contributed by atoms with Gasteiger partial charge in [0, 0.05) is 13.1 Å². The molecule has 0 spiro atoms. The molecule has 8 heteroatoms. The van der Waals surface area contributed by atoms with Crippen molar-refractivity contribution in [2.75, 3.05) is 32.5 Å². The number of carbonyl (C=O) groups is 2. The molecule has 0 saturated carbocycles. The molecule has 0 saturated heterocycles.